The average Bonchev–Trinajstić information content (AvgIpc) is 2.32. The molecule has 0 aromatic heterocycles. The Labute approximate surface area is 94.8 Å². The summed E-state index contributed by atoms with van der Waals surface area (Å²) in [6.45, 7) is 0. The van der Waals surface area contributed by atoms with Gasteiger partial charge in [-0.3, -0.25) is 4.79 Å². The normalized spacial score (nSPS) is 20.8. The largest absolute Gasteiger partial charge is 0.299 e. The number of carbonyl (C=O) groups is 1. The Morgan fingerprint density at radius 3 is 2.94 bits per heavy atom. The summed E-state index contributed by atoms with van der Waals surface area (Å²) in [7, 11) is 0. The molecule has 1 aromatic rings. The molecule has 0 amide bonds. The van der Waals surface area contributed by atoms with E-state index in [0.717, 1.165) is 37.7 Å². The van der Waals surface area contributed by atoms with E-state index in [1.165, 1.54) is 0 Å². The Kier molecular flexibility index (Phi) is 3.44. The van der Waals surface area contributed by atoms with Crippen molar-refractivity contribution < 1.29 is 4.79 Å². The Morgan fingerprint density at radius 1 is 1.31 bits per heavy atom. The van der Waals surface area contributed by atoms with Crippen molar-refractivity contribution in [3.63, 3.8) is 0 Å². The number of nitrogens with zero attached hydrogens (tertiary/aromatic N) is 1. The van der Waals surface area contributed by atoms with Crippen LogP contribution in [-0.4, -0.2) is 5.78 Å². The maximum atomic E-state index is 11.7. The summed E-state index contributed by atoms with van der Waals surface area (Å²) in [6.07, 6.45) is 4.63. The second-order valence-electron chi connectivity index (χ2n) is 4.37. The lowest BCUT2D eigenvalue weighted by Crippen LogP contribution is -2.20. The zero-order valence-electron chi connectivity index (χ0n) is 9.19. The van der Waals surface area contributed by atoms with E-state index >= 15 is 0 Å². The van der Waals surface area contributed by atoms with Crippen LogP contribution in [0.3, 0.4) is 0 Å². The summed E-state index contributed by atoms with van der Waals surface area (Å²) in [5.74, 6) is 0.520. The van der Waals surface area contributed by atoms with Crippen LogP contribution >= 0.6 is 0 Å². The lowest BCUT2D eigenvalue weighted by Gasteiger charge is -2.20. The number of hydrogen-bond acceptors (Lipinski definition) is 3. The molecule has 1 unspecified atom stereocenters. The van der Waals surface area contributed by atoms with Crippen LogP contribution in [0.2, 0.25) is 0 Å². The van der Waals surface area contributed by atoms with Crippen molar-refractivity contribution in [1.29, 1.82) is 0 Å². The Bertz CT molecular complexity index is 401. The average molecular weight is 217 g/mol. The van der Waals surface area contributed by atoms with Gasteiger partial charge >= 0.3 is 0 Å². The van der Waals surface area contributed by atoms with Gasteiger partial charge in [0.2, 0.25) is 0 Å². The highest BCUT2D eigenvalue weighted by Gasteiger charge is 2.22. The standard InChI is InChI=1S/C13H15NO2/c15-13-7-2-1-5-11(13)8-10-4-3-6-12(9-10)14-16/h3-4,6,9,11H,1-2,5,7-8H2. The predicted molar refractivity (Wildman–Crippen MR) is 62.6 cm³/mol. The third kappa shape index (κ3) is 2.54. The van der Waals surface area contributed by atoms with Gasteiger partial charge in [0.25, 0.3) is 0 Å². The second-order valence-corrected chi connectivity index (χ2v) is 4.37. The molecule has 2 rings (SSSR count). The SMILES string of the molecule is O=Nc1cccc(CC2CCCCC2=O)c1. The van der Waals surface area contributed by atoms with Crippen LogP contribution in [0.5, 0.6) is 0 Å². The topological polar surface area (TPSA) is 46.5 Å². The molecule has 1 aliphatic rings. The van der Waals surface area contributed by atoms with E-state index in [9.17, 15) is 9.70 Å². The zero-order valence-corrected chi connectivity index (χ0v) is 9.19. The maximum absolute atomic E-state index is 11.7. The molecule has 1 aromatic carbocycles. The first-order chi connectivity index (χ1) is 7.79. The van der Waals surface area contributed by atoms with E-state index in [2.05, 4.69) is 5.18 Å². The van der Waals surface area contributed by atoms with Crippen LogP contribution in [0.1, 0.15) is 31.2 Å². The van der Waals surface area contributed by atoms with Gasteiger partial charge in [0.1, 0.15) is 11.5 Å². The van der Waals surface area contributed by atoms with Gasteiger partial charge in [-0.15, -0.1) is 4.91 Å². The maximum Gasteiger partial charge on any atom is 0.136 e. The van der Waals surface area contributed by atoms with E-state index in [4.69, 9.17) is 0 Å². The third-order valence-electron chi connectivity index (χ3n) is 3.18. The molecule has 0 radical (unpaired) electrons. The van der Waals surface area contributed by atoms with E-state index in [0.29, 0.717) is 11.5 Å². The number of rotatable bonds is 3. The molecule has 0 bridgehead atoms. The van der Waals surface area contributed by atoms with Gasteiger partial charge in [-0.2, -0.15) is 0 Å². The van der Waals surface area contributed by atoms with Crippen molar-refractivity contribution in [3.05, 3.63) is 34.7 Å². The molecule has 1 atom stereocenters. The van der Waals surface area contributed by atoms with Gasteiger partial charge in [-0.1, -0.05) is 18.6 Å². The quantitative estimate of drug-likeness (QED) is 0.728. The van der Waals surface area contributed by atoms with Crippen molar-refractivity contribution >= 4 is 11.5 Å². The van der Waals surface area contributed by atoms with Crippen LogP contribution in [-0.2, 0) is 11.2 Å². The summed E-state index contributed by atoms with van der Waals surface area (Å²) < 4.78 is 0. The first-order valence-electron chi connectivity index (χ1n) is 5.74. The highest BCUT2D eigenvalue weighted by atomic mass is 16.3. The fourth-order valence-corrected chi connectivity index (χ4v) is 2.30. The first kappa shape index (κ1) is 11.0. The van der Waals surface area contributed by atoms with Crippen LogP contribution in [0.4, 0.5) is 5.69 Å². The molecule has 0 saturated heterocycles. The summed E-state index contributed by atoms with van der Waals surface area (Å²) in [5, 5.41) is 2.91. The molecular weight excluding hydrogens is 202 g/mol. The van der Waals surface area contributed by atoms with Crippen molar-refractivity contribution in [2.24, 2.45) is 11.1 Å². The third-order valence-corrected chi connectivity index (χ3v) is 3.18. The summed E-state index contributed by atoms with van der Waals surface area (Å²) in [6, 6.07) is 7.23. The number of nitroso groups, excluding NO2 is 1. The number of Topliss-reactive ketones (excluding diaryl/α,β-unsaturated/α-hetero) is 1. The highest BCUT2D eigenvalue weighted by Crippen LogP contribution is 2.25. The second kappa shape index (κ2) is 5.01. The minimum Gasteiger partial charge on any atom is -0.299 e. The molecule has 0 aliphatic heterocycles. The number of hydrogen-bond donors (Lipinski definition) is 0. The van der Waals surface area contributed by atoms with Crippen molar-refractivity contribution in [2.75, 3.05) is 0 Å². The van der Waals surface area contributed by atoms with Crippen LogP contribution in [0.15, 0.2) is 29.4 Å². The fraction of sp³-hybridized carbons (Fsp3) is 0.462. The van der Waals surface area contributed by atoms with Crippen molar-refractivity contribution in [1.82, 2.24) is 0 Å². The number of carbonyl (C=O) groups excluding carboxylic acids is 1. The van der Waals surface area contributed by atoms with E-state index in [1.54, 1.807) is 12.1 Å². The van der Waals surface area contributed by atoms with Crippen LogP contribution in [0, 0.1) is 10.8 Å². The zero-order chi connectivity index (χ0) is 11.4. The van der Waals surface area contributed by atoms with Crippen LogP contribution < -0.4 is 0 Å². The molecule has 3 nitrogen and oxygen atoms in total. The smallest absolute Gasteiger partial charge is 0.136 e. The van der Waals surface area contributed by atoms with Gasteiger partial charge in [0.15, 0.2) is 0 Å². The molecule has 0 spiro atoms. The van der Waals surface area contributed by atoms with Gasteiger partial charge in [0.05, 0.1) is 0 Å². The molecule has 3 heteroatoms. The van der Waals surface area contributed by atoms with Gasteiger partial charge < -0.3 is 0 Å². The summed E-state index contributed by atoms with van der Waals surface area (Å²) in [5.41, 5.74) is 1.48. The summed E-state index contributed by atoms with van der Waals surface area (Å²) in [4.78, 5) is 22.1. The molecule has 1 aliphatic carbocycles. The lowest BCUT2D eigenvalue weighted by atomic mass is 9.84. The minimum absolute atomic E-state index is 0.149. The predicted octanol–water partition coefficient (Wildman–Crippen LogP) is 3.39. The van der Waals surface area contributed by atoms with Crippen molar-refractivity contribution in [3.8, 4) is 0 Å². The monoisotopic (exact) mass is 217 g/mol. The molecule has 1 fully saturated rings. The van der Waals surface area contributed by atoms with Crippen molar-refractivity contribution in [2.45, 2.75) is 32.1 Å². The fourth-order valence-electron chi connectivity index (χ4n) is 2.30. The molecule has 84 valence electrons. The number of ketones is 1. The molecule has 1 saturated carbocycles. The number of benzene rings is 1. The summed E-state index contributed by atoms with van der Waals surface area (Å²) >= 11 is 0. The first-order valence-corrected chi connectivity index (χ1v) is 5.74. The highest BCUT2D eigenvalue weighted by molar-refractivity contribution is 5.81. The van der Waals surface area contributed by atoms with E-state index < -0.39 is 0 Å². The van der Waals surface area contributed by atoms with E-state index in [-0.39, 0.29) is 5.92 Å². The Morgan fingerprint density at radius 2 is 2.19 bits per heavy atom. The minimum atomic E-state index is 0.149. The molecule has 16 heavy (non-hydrogen) atoms. The van der Waals surface area contributed by atoms with Gasteiger partial charge in [-0.25, -0.2) is 0 Å². The van der Waals surface area contributed by atoms with E-state index in [1.807, 2.05) is 12.1 Å². The Balaban J connectivity index is 2.07. The van der Waals surface area contributed by atoms with Gasteiger partial charge in [0, 0.05) is 12.3 Å². The van der Waals surface area contributed by atoms with Crippen LogP contribution in [0.25, 0.3) is 0 Å². The molecule has 0 heterocycles. The molecular formula is C13H15NO2. The molecule has 0 N–H and O–H groups in total. The van der Waals surface area contributed by atoms with Gasteiger partial charge in [-0.05, 0) is 42.1 Å². The Hall–Kier alpha value is -1.51. The lowest BCUT2D eigenvalue weighted by molar-refractivity contribution is -0.124.